The van der Waals surface area contributed by atoms with Crippen molar-refractivity contribution in [3.05, 3.63) is 0 Å². The van der Waals surface area contributed by atoms with Crippen LogP contribution >= 0.6 is 24.8 Å². The number of piperidine rings is 1. The molecule has 0 saturated carbocycles. The van der Waals surface area contributed by atoms with Crippen molar-refractivity contribution in [2.75, 3.05) is 33.2 Å². The fraction of sp³-hybridized carbons (Fsp3) is 1.00. The van der Waals surface area contributed by atoms with Crippen molar-refractivity contribution in [2.24, 2.45) is 5.41 Å². The van der Waals surface area contributed by atoms with Gasteiger partial charge in [-0.3, -0.25) is 0 Å². The summed E-state index contributed by atoms with van der Waals surface area (Å²) >= 11 is 0. The van der Waals surface area contributed by atoms with E-state index in [-0.39, 0.29) is 24.8 Å². The number of hydrogen-bond acceptors (Lipinski definition) is 2. The standard InChI is InChI=1S/C8H16N2.2ClH/c1-10-4-2-8(3-5-10)6-9-7-8;;/h9H,2-7H2,1H3;2*1H. The third-order valence-corrected chi connectivity index (χ3v) is 3.05. The first-order chi connectivity index (χ1) is 4.81. The van der Waals surface area contributed by atoms with E-state index in [1.165, 1.54) is 39.0 Å². The summed E-state index contributed by atoms with van der Waals surface area (Å²) in [6, 6.07) is 0. The van der Waals surface area contributed by atoms with Gasteiger partial charge < -0.3 is 10.2 Å². The van der Waals surface area contributed by atoms with Crippen molar-refractivity contribution < 1.29 is 0 Å². The van der Waals surface area contributed by atoms with Crippen LogP contribution in [0.4, 0.5) is 0 Å². The van der Waals surface area contributed by atoms with Gasteiger partial charge in [-0.15, -0.1) is 24.8 Å². The number of nitrogens with one attached hydrogen (secondary N) is 1. The van der Waals surface area contributed by atoms with Crippen LogP contribution in [-0.4, -0.2) is 38.1 Å². The van der Waals surface area contributed by atoms with E-state index in [4.69, 9.17) is 0 Å². The van der Waals surface area contributed by atoms with Gasteiger partial charge in [0, 0.05) is 13.1 Å². The van der Waals surface area contributed by atoms with Gasteiger partial charge in [0.1, 0.15) is 0 Å². The molecule has 0 aromatic rings. The predicted octanol–water partition coefficient (Wildman–Crippen LogP) is 1.15. The molecule has 2 nitrogen and oxygen atoms in total. The van der Waals surface area contributed by atoms with Gasteiger partial charge in [-0.25, -0.2) is 0 Å². The van der Waals surface area contributed by atoms with Crippen LogP contribution < -0.4 is 5.32 Å². The maximum Gasteiger partial charge on any atom is 0.00212 e. The van der Waals surface area contributed by atoms with E-state index in [1.54, 1.807) is 0 Å². The van der Waals surface area contributed by atoms with Gasteiger partial charge in [0.25, 0.3) is 0 Å². The lowest BCUT2D eigenvalue weighted by molar-refractivity contribution is 0.0671. The minimum absolute atomic E-state index is 0. The zero-order chi connectivity index (χ0) is 7.03. The van der Waals surface area contributed by atoms with Gasteiger partial charge in [-0.1, -0.05) is 0 Å². The number of nitrogens with zero attached hydrogens (tertiary/aromatic N) is 1. The summed E-state index contributed by atoms with van der Waals surface area (Å²) in [4.78, 5) is 2.43. The molecule has 0 aromatic heterocycles. The van der Waals surface area contributed by atoms with Crippen LogP contribution in [0.3, 0.4) is 0 Å². The normalized spacial score (nSPS) is 26.8. The number of hydrogen-bond donors (Lipinski definition) is 1. The Labute approximate surface area is 86.9 Å². The van der Waals surface area contributed by atoms with E-state index >= 15 is 0 Å². The van der Waals surface area contributed by atoms with Crippen molar-refractivity contribution in [1.29, 1.82) is 0 Å². The Bertz CT molecular complexity index is 127. The molecule has 0 bridgehead atoms. The molecule has 2 aliphatic heterocycles. The molecule has 0 radical (unpaired) electrons. The van der Waals surface area contributed by atoms with Crippen LogP contribution in [0.1, 0.15) is 12.8 Å². The van der Waals surface area contributed by atoms with Gasteiger partial charge in [0.05, 0.1) is 0 Å². The van der Waals surface area contributed by atoms with Crippen molar-refractivity contribution in [1.82, 2.24) is 10.2 Å². The molecular formula is C8H18Cl2N2. The second-order valence-corrected chi connectivity index (χ2v) is 3.91. The van der Waals surface area contributed by atoms with Gasteiger partial charge in [-0.05, 0) is 38.4 Å². The molecule has 74 valence electrons. The smallest absolute Gasteiger partial charge is 0.00212 e. The molecule has 12 heavy (non-hydrogen) atoms. The van der Waals surface area contributed by atoms with Gasteiger partial charge in [-0.2, -0.15) is 0 Å². The van der Waals surface area contributed by atoms with Crippen LogP contribution in [0.15, 0.2) is 0 Å². The summed E-state index contributed by atoms with van der Waals surface area (Å²) in [6.45, 7) is 5.17. The molecule has 2 rings (SSSR count). The monoisotopic (exact) mass is 212 g/mol. The lowest BCUT2D eigenvalue weighted by atomic mass is 9.74. The first-order valence-corrected chi connectivity index (χ1v) is 4.20. The maximum atomic E-state index is 3.37. The van der Waals surface area contributed by atoms with Crippen LogP contribution in [0.2, 0.25) is 0 Å². The zero-order valence-corrected chi connectivity index (χ0v) is 9.14. The lowest BCUT2D eigenvalue weighted by Crippen LogP contribution is -2.57. The lowest BCUT2D eigenvalue weighted by Gasteiger charge is -2.47. The van der Waals surface area contributed by atoms with Gasteiger partial charge in [0.2, 0.25) is 0 Å². The fourth-order valence-corrected chi connectivity index (χ4v) is 1.92. The minimum Gasteiger partial charge on any atom is -0.316 e. The topological polar surface area (TPSA) is 15.3 Å². The van der Waals surface area contributed by atoms with Crippen molar-refractivity contribution in [3.63, 3.8) is 0 Å². The first-order valence-electron chi connectivity index (χ1n) is 4.20. The first kappa shape index (κ1) is 12.5. The number of likely N-dealkylation sites (tertiary alicyclic amines) is 1. The Morgan fingerprint density at radius 3 is 1.92 bits per heavy atom. The average Bonchev–Trinajstić information content (AvgIpc) is 1.86. The van der Waals surface area contributed by atoms with Crippen LogP contribution in [0, 0.1) is 5.41 Å². The average molecular weight is 213 g/mol. The maximum absolute atomic E-state index is 3.37. The summed E-state index contributed by atoms with van der Waals surface area (Å²) in [7, 11) is 2.22. The van der Waals surface area contributed by atoms with E-state index in [0.717, 1.165) is 5.41 Å². The highest BCUT2D eigenvalue weighted by Gasteiger charge is 2.38. The molecule has 2 fully saturated rings. The third-order valence-electron chi connectivity index (χ3n) is 3.05. The Morgan fingerprint density at radius 2 is 1.58 bits per heavy atom. The zero-order valence-electron chi connectivity index (χ0n) is 7.51. The highest BCUT2D eigenvalue weighted by molar-refractivity contribution is 5.85. The van der Waals surface area contributed by atoms with Crippen molar-refractivity contribution >= 4 is 24.8 Å². The molecule has 1 spiro atoms. The Kier molecular flexibility index (Phi) is 4.85. The largest absolute Gasteiger partial charge is 0.316 e. The van der Waals surface area contributed by atoms with Crippen molar-refractivity contribution in [3.8, 4) is 0 Å². The summed E-state index contributed by atoms with van der Waals surface area (Å²) in [5.74, 6) is 0. The van der Waals surface area contributed by atoms with E-state index in [9.17, 15) is 0 Å². The Hall–Kier alpha value is 0.500. The highest BCUT2D eigenvalue weighted by Crippen LogP contribution is 2.34. The fourth-order valence-electron chi connectivity index (χ4n) is 1.92. The van der Waals surface area contributed by atoms with E-state index in [2.05, 4.69) is 17.3 Å². The summed E-state index contributed by atoms with van der Waals surface area (Å²) in [5.41, 5.74) is 0.729. The molecule has 0 aliphatic carbocycles. The molecule has 4 heteroatoms. The molecule has 2 aliphatic rings. The quantitative estimate of drug-likeness (QED) is 0.649. The van der Waals surface area contributed by atoms with Gasteiger partial charge in [0.15, 0.2) is 0 Å². The highest BCUT2D eigenvalue weighted by atomic mass is 35.5. The molecule has 1 N–H and O–H groups in total. The predicted molar refractivity (Wildman–Crippen MR) is 56.5 cm³/mol. The van der Waals surface area contributed by atoms with E-state index in [1.807, 2.05) is 0 Å². The van der Waals surface area contributed by atoms with E-state index in [0.29, 0.717) is 0 Å². The number of rotatable bonds is 0. The number of halogens is 2. The van der Waals surface area contributed by atoms with Gasteiger partial charge >= 0.3 is 0 Å². The molecule has 0 amide bonds. The van der Waals surface area contributed by atoms with Crippen LogP contribution in [0.25, 0.3) is 0 Å². The second kappa shape index (κ2) is 4.66. The molecule has 2 saturated heterocycles. The van der Waals surface area contributed by atoms with Crippen molar-refractivity contribution in [2.45, 2.75) is 12.8 Å². The second-order valence-electron chi connectivity index (χ2n) is 3.91. The molecule has 2 heterocycles. The van der Waals surface area contributed by atoms with Crippen LogP contribution in [-0.2, 0) is 0 Å². The summed E-state index contributed by atoms with van der Waals surface area (Å²) in [6.07, 6.45) is 2.83. The van der Waals surface area contributed by atoms with E-state index < -0.39 is 0 Å². The Balaban J connectivity index is 0.000000605. The minimum atomic E-state index is 0. The molecule has 0 aromatic carbocycles. The summed E-state index contributed by atoms with van der Waals surface area (Å²) < 4.78 is 0. The SMILES string of the molecule is CN1CCC2(CC1)CNC2.Cl.Cl. The molecule has 0 unspecified atom stereocenters. The third kappa shape index (κ3) is 2.25. The van der Waals surface area contributed by atoms with Crippen LogP contribution in [0.5, 0.6) is 0 Å². The Morgan fingerprint density at radius 1 is 1.08 bits per heavy atom. The summed E-state index contributed by atoms with van der Waals surface area (Å²) in [5, 5.41) is 3.37. The molecule has 0 atom stereocenters. The molecular weight excluding hydrogens is 195 g/mol.